The van der Waals surface area contributed by atoms with Crippen molar-refractivity contribution in [2.75, 3.05) is 0 Å². The summed E-state index contributed by atoms with van der Waals surface area (Å²) < 4.78 is 15.2. The minimum absolute atomic E-state index is 0.243. The standard InChI is InChI=1S/C12H9BrClFN2O/c1-2-17-11(9(14)6-16-17)12(18)7-3-4-8(13)10(15)5-7/h3-6H,2H2,1H3. The second-order valence-corrected chi connectivity index (χ2v) is 4.88. The molecule has 0 unspecified atom stereocenters. The van der Waals surface area contributed by atoms with Gasteiger partial charge in [0.15, 0.2) is 0 Å². The second kappa shape index (κ2) is 5.20. The fourth-order valence-electron chi connectivity index (χ4n) is 1.60. The van der Waals surface area contributed by atoms with Gasteiger partial charge in [0.2, 0.25) is 5.78 Å². The van der Waals surface area contributed by atoms with Gasteiger partial charge >= 0.3 is 0 Å². The summed E-state index contributed by atoms with van der Waals surface area (Å²) in [5.41, 5.74) is 0.522. The van der Waals surface area contributed by atoms with Crippen LogP contribution in [-0.4, -0.2) is 15.6 Å². The van der Waals surface area contributed by atoms with Crippen LogP contribution in [0.4, 0.5) is 4.39 Å². The summed E-state index contributed by atoms with van der Waals surface area (Å²) in [7, 11) is 0. The third-order valence-corrected chi connectivity index (χ3v) is 3.41. The Balaban J connectivity index is 2.47. The van der Waals surface area contributed by atoms with Crippen molar-refractivity contribution in [2.24, 2.45) is 0 Å². The van der Waals surface area contributed by atoms with Crippen LogP contribution >= 0.6 is 27.5 Å². The first kappa shape index (κ1) is 13.2. The Labute approximate surface area is 117 Å². The van der Waals surface area contributed by atoms with Gasteiger partial charge in [0.05, 0.1) is 15.7 Å². The quantitative estimate of drug-likeness (QED) is 0.804. The van der Waals surface area contributed by atoms with Crippen molar-refractivity contribution in [3.63, 3.8) is 0 Å². The molecule has 0 aliphatic carbocycles. The highest BCUT2D eigenvalue weighted by atomic mass is 79.9. The number of aromatic nitrogens is 2. The first-order valence-corrected chi connectivity index (χ1v) is 6.42. The molecule has 2 aromatic rings. The fraction of sp³-hybridized carbons (Fsp3) is 0.167. The zero-order valence-electron chi connectivity index (χ0n) is 9.45. The second-order valence-electron chi connectivity index (χ2n) is 3.61. The smallest absolute Gasteiger partial charge is 0.212 e. The zero-order chi connectivity index (χ0) is 13.3. The molecule has 3 nitrogen and oxygen atoms in total. The predicted octanol–water partition coefficient (Wildman–Crippen LogP) is 3.69. The molecule has 2 rings (SSSR count). The van der Waals surface area contributed by atoms with E-state index in [1.54, 1.807) is 6.07 Å². The number of carbonyl (C=O) groups excluding carboxylic acids is 1. The molecule has 0 spiro atoms. The Morgan fingerprint density at radius 2 is 2.28 bits per heavy atom. The molecule has 0 N–H and O–H groups in total. The third-order valence-electron chi connectivity index (χ3n) is 2.49. The van der Waals surface area contributed by atoms with E-state index in [1.165, 1.54) is 23.0 Å². The lowest BCUT2D eigenvalue weighted by Crippen LogP contribution is -2.11. The number of rotatable bonds is 3. The average Bonchev–Trinajstić information content (AvgIpc) is 2.73. The summed E-state index contributed by atoms with van der Waals surface area (Å²) in [6, 6.07) is 4.21. The number of halogens is 3. The molecule has 0 bridgehead atoms. The van der Waals surface area contributed by atoms with E-state index in [0.29, 0.717) is 11.0 Å². The van der Waals surface area contributed by atoms with Gasteiger partial charge in [-0.25, -0.2) is 4.39 Å². The van der Waals surface area contributed by atoms with Crippen LogP contribution in [0, 0.1) is 5.82 Å². The number of benzene rings is 1. The van der Waals surface area contributed by atoms with E-state index < -0.39 is 5.82 Å². The maximum absolute atomic E-state index is 13.4. The van der Waals surface area contributed by atoms with Gasteiger partial charge in [0, 0.05) is 12.1 Å². The molecule has 0 fully saturated rings. The molecule has 18 heavy (non-hydrogen) atoms. The highest BCUT2D eigenvalue weighted by Crippen LogP contribution is 2.22. The highest BCUT2D eigenvalue weighted by Gasteiger charge is 2.19. The topological polar surface area (TPSA) is 34.9 Å². The molecule has 0 radical (unpaired) electrons. The van der Waals surface area contributed by atoms with E-state index in [0.717, 1.165) is 0 Å². The monoisotopic (exact) mass is 330 g/mol. The van der Waals surface area contributed by atoms with E-state index in [-0.39, 0.29) is 22.1 Å². The normalized spacial score (nSPS) is 10.7. The summed E-state index contributed by atoms with van der Waals surface area (Å²) in [6.07, 6.45) is 1.41. The number of hydrogen-bond acceptors (Lipinski definition) is 2. The lowest BCUT2D eigenvalue weighted by atomic mass is 10.1. The molecule has 1 aromatic heterocycles. The number of carbonyl (C=O) groups is 1. The lowest BCUT2D eigenvalue weighted by Gasteiger charge is -2.05. The van der Waals surface area contributed by atoms with Gasteiger partial charge in [-0.3, -0.25) is 9.48 Å². The summed E-state index contributed by atoms with van der Waals surface area (Å²) in [6.45, 7) is 2.37. The first-order valence-electron chi connectivity index (χ1n) is 5.25. The van der Waals surface area contributed by atoms with Crippen LogP contribution < -0.4 is 0 Å². The largest absolute Gasteiger partial charge is 0.287 e. The molecule has 0 amide bonds. The molecule has 1 aromatic carbocycles. The average molecular weight is 332 g/mol. The van der Waals surface area contributed by atoms with Crippen molar-refractivity contribution >= 4 is 33.3 Å². The Bertz CT molecular complexity index is 612. The molecule has 6 heteroatoms. The number of hydrogen-bond donors (Lipinski definition) is 0. The van der Waals surface area contributed by atoms with Crippen LogP contribution in [-0.2, 0) is 6.54 Å². The Hall–Kier alpha value is -1.20. The molecule has 0 saturated heterocycles. The van der Waals surface area contributed by atoms with E-state index in [9.17, 15) is 9.18 Å². The minimum atomic E-state index is -0.487. The van der Waals surface area contributed by atoms with Crippen LogP contribution in [0.1, 0.15) is 23.0 Å². The molecule has 0 atom stereocenters. The molecule has 0 aliphatic rings. The highest BCUT2D eigenvalue weighted by molar-refractivity contribution is 9.10. The maximum Gasteiger partial charge on any atom is 0.212 e. The zero-order valence-corrected chi connectivity index (χ0v) is 11.8. The van der Waals surface area contributed by atoms with Gasteiger partial charge in [-0.1, -0.05) is 11.6 Å². The van der Waals surface area contributed by atoms with E-state index in [1.807, 2.05) is 6.92 Å². The van der Waals surface area contributed by atoms with E-state index in [2.05, 4.69) is 21.0 Å². The van der Waals surface area contributed by atoms with Gasteiger partial charge in [-0.2, -0.15) is 5.10 Å². The third kappa shape index (κ3) is 2.33. The summed E-state index contributed by atoms with van der Waals surface area (Å²) in [5, 5.41) is 4.25. The molecular weight excluding hydrogens is 322 g/mol. The van der Waals surface area contributed by atoms with Crippen LogP contribution in [0.25, 0.3) is 0 Å². The molecule has 94 valence electrons. The minimum Gasteiger partial charge on any atom is -0.287 e. The van der Waals surface area contributed by atoms with Gasteiger partial charge in [0.1, 0.15) is 11.5 Å². The van der Waals surface area contributed by atoms with Crippen molar-refractivity contribution in [1.29, 1.82) is 0 Å². The van der Waals surface area contributed by atoms with Crippen LogP contribution in [0.5, 0.6) is 0 Å². The Kier molecular flexibility index (Phi) is 3.82. The lowest BCUT2D eigenvalue weighted by molar-refractivity contribution is 0.102. The van der Waals surface area contributed by atoms with E-state index >= 15 is 0 Å². The fourth-order valence-corrected chi connectivity index (χ4v) is 2.08. The van der Waals surface area contributed by atoms with Crippen molar-refractivity contribution in [1.82, 2.24) is 9.78 Å². The van der Waals surface area contributed by atoms with Gasteiger partial charge in [0.25, 0.3) is 0 Å². The summed E-state index contributed by atoms with van der Waals surface area (Å²) in [5.74, 6) is -0.828. The number of aryl methyl sites for hydroxylation is 1. The van der Waals surface area contributed by atoms with Crippen molar-refractivity contribution in [3.8, 4) is 0 Å². The first-order chi connectivity index (χ1) is 8.54. The van der Waals surface area contributed by atoms with Crippen molar-refractivity contribution in [3.05, 3.63) is 51.0 Å². The molecule has 1 heterocycles. The summed E-state index contributed by atoms with van der Waals surface area (Å²) in [4.78, 5) is 12.2. The Morgan fingerprint density at radius 1 is 1.56 bits per heavy atom. The van der Waals surface area contributed by atoms with Crippen molar-refractivity contribution in [2.45, 2.75) is 13.5 Å². The van der Waals surface area contributed by atoms with Gasteiger partial charge in [-0.05, 0) is 41.1 Å². The molecule has 0 saturated carbocycles. The van der Waals surface area contributed by atoms with Gasteiger partial charge in [-0.15, -0.1) is 0 Å². The SMILES string of the molecule is CCn1ncc(Cl)c1C(=O)c1ccc(Br)c(F)c1. The van der Waals surface area contributed by atoms with Crippen LogP contribution in [0.2, 0.25) is 5.02 Å². The van der Waals surface area contributed by atoms with Gasteiger partial charge < -0.3 is 0 Å². The maximum atomic E-state index is 13.4. The predicted molar refractivity (Wildman–Crippen MR) is 70.4 cm³/mol. The van der Waals surface area contributed by atoms with Crippen LogP contribution in [0.15, 0.2) is 28.9 Å². The Morgan fingerprint density at radius 3 is 2.89 bits per heavy atom. The van der Waals surface area contributed by atoms with Crippen molar-refractivity contribution < 1.29 is 9.18 Å². The van der Waals surface area contributed by atoms with Crippen LogP contribution in [0.3, 0.4) is 0 Å². The van der Waals surface area contributed by atoms with E-state index in [4.69, 9.17) is 11.6 Å². The molecule has 0 aliphatic heterocycles. The summed E-state index contributed by atoms with van der Waals surface area (Å²) >= 11 is 8.97. The number of nitrogens with zero attached hydrogens (tertiary/aromatic N) is 2. The molecular formula is C12H9BrClFN2O. The number of ketones is 1.